The molecule has 96 valence electrons. The van der Waals surface area contributed by atoms with Gasteiger partial charge in [0.2, 0.25) is 5.95 Å². The highest BCUT2D eigenvalue weighted by molar-refractivity contribution is 5.59. The van der Waals surface area contributed by atoms with E-state index in [0.29, 0.717) is 17.8 Å². The molecule has 2 aromatic heterocycles. The molecule has 0 atom stereocenters. The first kappa shape index (κ1) is 12.4. The van der Waals surface area contributed by atoms with Crippen molar-refractivity contribution in [1.82, 2.24) is 19.7 Å². The van der Waals surface area contributed by atoms with E-state index in [1.807, 2.05) is 6.92 Å². The topological polar surface area (TPSA) is 81.7 Å². The first-order valence-electron chi connectivity index (χ1n) is 5.30. The number of halogens is 2. The van der Waals surface area contributed by atoms with Crippen molar-refractivity contribution in [3.63, 3.8) is 0 Å². The van der Waals surface area contributed by atoms with Crippen LogP contribution in [0.1, 0.15) is 19.0 Å². The van der Waals surface area contributed by atoms with Gasteiger partial charge in [-0.25, -0.2) is 24.6 Å². The van der Waals surface area contributed by atoms with Crippen molar-refractivity contribution < 1.29 is 8.78 Å². The van der Waals surface area contributed by atoms with Crippen LogP contribution in [-0.4, -0.2) is 19.7 Å². The summed E-state index contributed by atoms with van der Waals surface area (Å²) in [5, 5.41) is 4.06. The van der Waals surface area contributed by atoms with Crippen LogP contribution in [0, 0.1) is 0 Å². The predicted octanol–water partition coefficient (Wildman–Crippen LogP) is 1.58. The monoisotopic (exact) mass is 254 g/mol. The molecular weight excluding hydrogens is 242 g/mol. The minimum Gasteiger partial charge on any atom is -0.292 e. The zero-order chi connectivity index (χ0) is 13.1. The van der Waals surface area contributed by atoms with Crippen molar-refractivity contribution >= 4 is 5.95 Å². The maximum atomic E-state index is 12.7. The number of nitrogens with one attached hydrogen (secondary N) is 1. The van der Waals surface area contributed by atoms with E-state index in [1.54, 1.807) is 17.1 Å². The van der Waals surface area contributed by atoms with Crippen LogP contribution in [-0.2, 0) is 6.54 Å². The molecule has 0 bridgehead atoms. The third kappa shape index (κ3) is 2.43. The molecular formula is C10H12F2N6. The number of alkyl halides is 2. The third-order valence-electron chi connectivity index (χ3n) is 2.35. The maximum absolute atomic E-state index is 12.7. The number of hydrazine groups is 1. The summed E-state index contributed by atoms with van der Waals surface area (Å²) >= 11 is 0. The average molecular weight is 254 g/mol. The fraction of sp³-hybridized carbons (Fsp3) is 0.300. The molecule has 0 aliphatic rings. The normalized spacial score (nSPS) is 10.9. The van der Waals surface area contributed by atoms with Crippen molar-refractivity contribution in [2.24, 2.45) is 5.84 Å². The maximum Gasteiger partial charge on any atom is 0.280 e. The van der Waals surface area contributed by atoms with Gasteiger partial charge in [-0.05, 0) is 13.0 Å². The Labute approximate surface area is 102 Å². The van der Waals surface area contributed by atoms with Crippen molar-refractivity contribution in [3.05, 3.63) is 24.2 Å². The van der Waals surface area contributed by atoms with Gasteiger partial charge >= 0.3 is 0 Å². The second-order valence-corrected chi connectivity index (χ2v) is 3.53. The Hall–Kier alpha value is -2.09. The molecule has 0 unspecified atom stereocenters. The Bertz CT molecular complexity index is 539. The van der Waals surface area contributed by atoms with Gasteiger partial charge in [0, 0.05) is 18.3 Å². The van der Waals surface area contributed by atoms with Gasteiger partial charge in [-0.15, -0.1) is 0 Å². The summed E-state index contributed by atoms with van der Waals surface area (Å²) in [4.78, 5) is 7.60. The lowest BCUT2D eigenvalue weighted by Crippen LogP contribution is -2.12. The molecule has 0 saturated heterocycles. The van der Waals surface area contributed by atoms with E-state index in [0.717, 1.165) is 0 Å². The number of nitrogen functional groups attached to an aromatic ring is 1. The summed E-state index contributed by atoms with van der Waals surface area (Å²) < 4.78 is 27.0. The largest absolute Gasteiger partial charge is 0.292 e. The van der Waals surface area contributed by atoms with E-state index in [1.165, 1.54) is 6.07 Å². The van der Waals surface area contributed by atoms with E-state index < -0.39 is 6.43 Å². The molecule has 2 rings (SSSR count). The second-order valence-electron chi connectivity index (χ2n) is 3.53. The smallest absolute Gasteiger partial charge is 0.280 e. The Morgan fingerprint density at radius 3 is 2.78 bits per heavy atom. The van der Waals surface area contributed by atoms with E-state index in [9.17, 15) is 8.78 Å². The standard InChI is InChI=1S/C10H12F2N6/c1-2-18-5-6(4-14-18)7-3-8(9(11)12)16-10(15-7)17-13/h3-5,9H,2,13H2,1H3,(H,15,16,17). The molecule has 0 spiro atoms. The molecule has 6 nitrogen and oxygen atoms in total. The summed E-state index contributed by atoms with van der Waals surface area (Å²) in [5.41, 5.74) is 2.78. The predicted molar refractivity (Wildman–Crippen MR) is 61.7 cm³/mol. The third-order valence-corrected chi connectivity index (χ3v) is 2.35. The van der Waals surface area contributed by atoms with Crippen LogP contribution in [0.15, 0.2) is 18.5 Å². The van der Waals surface area contributed by atoms with Crippen molar-refractivity contribution in [2.45, 2.75) is 19.9 Å². The highest BCUT2D eigenvalue weighted by Crippen LogP contribution is 2.23. The lowest BCUT2D eigenvalue weighted by atomic mass is 10.2. The van der Waals surface area contributed by atoms with Gasteiger partial charge in [-0.2, -0.15) is 5.10 Å². The van der Waals surface area contributed by atoms with Gasteiger partial charge < -0.3 is 0 Å². The van der Waals surface area contributed by atoms with Crippen LogP contribution in [0.5, 0.6) is 0 Å². The van der Waals surface area contributed by atoms with Crippen molar-refractivity contribution in [1.29, 1.82) is 0 Å². The van der Waals surface area contributed by atoms with Gasteiger partial charge in [-0.3, -0.25) is 10.1 Å². The van der Waals surface area contributed by atoms with Gasteiger partial charge in [0.25, 0.3) is 6.43 Å². The second kappa shape index (κ2) is 5.05. The zero-order valence-electron chi connectivity index (χ0n) is 9.64. The lowest BCUT2D eigenvalue weighted by molar-refractivity contribution is 0.146. The number of hydrogen-bond donors (Lipinski definition) is 2. The SMILES string of the molecule is CCn1cc(-c2cc(C(F)F)nc(NN)n2)cn1. The molecule has 2 aromatic rings. The molecule has 0 aromatic carbocycles. The highest BCUT2D eigenvalue weighted by atomic mass is 19.3. The Balaban J connectivity index is 2.45. The molecule has 0 radical (unpaired) electrons. The number of hydrogen-bond acceptors (Lipinski definition) is 5. The summed E-state index contributed by atoms with van der Waals surface area (Å²) in [6, 6.07) is 1.22. The van der Waals surface area contributed by atoms with Crippen molar-refractivity contribution in [2.75, 3.05) is 5.43 Å². The molecule has 0 amide bonds. The minimum atomic E-state index is -2.68. The molecule has 8 heteroatoms. The van der Waals surface area contributed by atoms with E-state index >= 15 is 0 Å². The first-order chi connectivity index (χ1) is 8.63. The molecule has 18 heavy (non-hydrogen) atoms. The van der Waals surface area contributed by atoms with Crippen LogP contribution in [0.2, 0.25) is 0 Å². The van der Waals surface area contributed by atoms with E-state index in [-0.39, 0.29) is 11.6 Å². The van der Waals surface area contributed by atoms with Gasteiger partial charge in [0.1, 0.15) is 5.69 Å². The Kier molecular flexibility index (Phi) is 3.47. The Morgan fingerprint density at radius 2 is 2.22 bits per heavy atom. The summed E-state index contributed by atoms with van der Waals surface area (Å²) in [6.07, 6.45) is 0.597. The summed E-state index contributed by atoms with van der Waals surface area (Å²) in [7, 11) is 0. The van der Waals surface area contributed by atoms with Crippen LogP contribution < -0.4 is 11.3 Å². The number of nitrogens with zero attached hydrogens (tertiary/aromatic N) is 4. The number of aryl methyl sites for hydroxylation is 1. The highest BCUT2D eigenvalue weighted by Gasteiger charge is 2.14. The average Bonchev–Trinajstić information content (AvgIpc) is 2.86. The van der Waals surface area contributed by atoms with Crippen LogP contribution in [0.25, 0.3) is 11.3 Å². The van der Waals surface area contributed by atoms with Crippen molar-refractivity contribution in [3.8, 4) is 11.3 Å². The van der Waals surface area contributed by atoms with Gasteiger partial charge in [-0.1, -0.05) is 0 Å². The number of anilines is 1. The quantitative estimate of drug-likeness (QED) is 0.639. The number of nitrogens with two attached hydrogens (primary N) is 1. The minimum absolute atomic E-state index is 0.0490. The molecule has 2 heterocycles. The summed E-state index contributed by atoms with van der Waals surface area (Å²) in [5.74, 6) is 5.11. The fourth-order valence-corrected chi connectivity index (χ4v) is 1.46. The van der Waals surface area contributed by atoms with E-state index in [4.69, 9.17) is 5.84 Å². The number of aromatic nitrogens is 4. The van der Waals surface area contributed by atoms with Gasteiger partial charge in [0.05, 0.1) is 11.9 Å². The molecule has 0 fully saturated rings. The molecule has 0 saturated carbocycles. The molecule has 3 N–H and O–H groups in total. The fourth-order valence-electron chi connectivity index (χ4n) is 1.46. The Morgan fingerprint density at radius 1 is 1.44 bits per heavy atom. The van der Waals surface area contributed by atoms with Crippen LogP contribution in [0.3, 0.4) is 0 Å². The molecule has 0 aliphatic carbocycles. The first-order valence-corrected chi connectivity index (χ1v) is 5.30. The van der Waals surface area contributed by atoms with Crippen LogP contribution in [0.4, 0.5) is 14.7 Å². The van der Waals surface area contributed by atoms with E-state index in [2.05, 4.69) is 20.5 Å². The van der Waals surface area contributed by atoms with Crippen LogP contribution >= 0.6 is 0 Å². The molecule has 0 aliphatic heterocycles. The zero-order valence-corrected chi connectivity index (χ0v) is 9.64. The summed E-state index contributed by atoms with van der Waals surface area (Å²) in [6.45, 7) is 2.61. The van der Waals surface area contributed by atoms with Gasteiger partial charge in [0.15, 0.2) is 0 Å². The lowest BCUT2D eigenvalue weighted by Gasteiger charge is -2.05. The number of rotatable bonds is 4.